The van der Waals surface area contributed by atoms with Gasteiger partial charge in [0.2, 0.25) is 5.95 Å². The highest BCUT2D eigenvalue weighted by Crippen LogP contribution is 2.23. The first-order chi connectivity index (χ1) is 10.2. The van der Waals surface area contributed by atoms with Crippen LogP contribution in [-0.4, -0.2) is 22.6 Å². The zero-order valence-corrected chi connectivity index (χ0v) is 12.1. The highest BCUT2D eigenvalue weighted by molar-refractivity contribution is 5.43. The lowest BCUT2D eigenvalue weighted by atomic mass is 10.1. The van der Waals surface area contributed by atoms with Gasteiger partial charge in [0.15, 0.2) is 0 Å². The molecule has 0 atom stereocenters. The van der Waals surface area contributed by atoms with Gasteiger partial charge >= 0.3 is 0 Å². The molecule has 3 rings (SSSR count). The molecule has 1 fully saturated rings. The molecule has 0 spiro atoms. The van der Waals surface area contributed by atoms with Gasteiger partial charge in [-0.2, -0.15) is 4.98 Å². The lowest BCUT2D eigenvalue weighted by molar-refractivity contribution is 0.627. The lowest BCUT2D eigenvalue weighted by Crippen LogP contribution is -2.11. The lowest BCUT2D eigenvalue weighted by Gasteiger charge is -2.09. The van der Waals surface area contributed by atoms with Crippen molar-refractivity contribution >= 4 is 11.8 Å². The number of anilines is 2. The SMILES string of the molecule is Cc1cc(NCCc2ccc(F)cc2)nc(NC2CC2)n1. The molecular weight excluding hydrogens is 267 g/mol. The quantitative estimate of drug-likeness (QED) is 0.856. The van der Waals surface area contributed by atoms with Gasteiger partial charge in [-0.05, 0) is 43.9 Å². The van der Waals surface area contributed by atoms with Crippen LogP contribution in [0.15, 0.2) is 30.3 Å². The predicted octanol–water partition coefficient (Wildman–Crippen LogP) is 3.15. The van der Waals surface area contributed by atoms with Crippen LogP contribution >= 0.6 is 0 Å². The van der Waals surface area contributed by atoms with E-state index in [2.05, 4.69) is 20.6 Å². The van der Waals surface area contributed by atoms with Crippen LogP contribution in [0.4, 0.5) is 16.2 Å². The minimum Gasteiger partial charge on any atom is -0.370 e. The third-order valence-corrected chi connectivity index (χ3v) is 3.40. The number of rotatable bonds is 6. The van der Waals surface area contributed by atoms with Crippen LogP contribution in [0.5, 0.6) is 0 Å². The van der Waals surface area contributed by atoms with E-state index >= 15 is 0 Å². The van der Waals surface area contributed by atoms with Crippen molar-refractivity contribution in [3.63, 3.8) is 0 Å². The first-order valence-electron chi connectivity index (χ1n) is 7.29. The van der Waals surface area contributed by atoms with Crippen LogP contribution in [0.1, 0.15) is 24.1 Å². The average molecular weight is 286 g/mol. The van der Waals surface area contributed by atoms with Crippen LogP contribution in [0, 0.1) is 12.7 Å². The Morgan fingerprint density at radius 3 is 2.67 bits per heavy atom. The topological polar surface area (TPSA) is 49.8 Å². The Morgan fingerprint density at radius 1 is 1.19 bits per heavy atom. The monoisotopic (exact) mass is 286 g/mol. The van der Waals surface area contributed by atoms with Gasteiger partial charge in [0.25, 0.3) is 0 Å². The molecule has 1 heterocycles. The van der Waals surface area contributed by atoms with E-state index in [0.29, 0.717) is 12.0 Å². The smallest absolute Gasteiger partial charge is 0.225 e. The second kappa shape index (κ2) is 6.08. The molecule has 5 heteroatoms. The predicted molar refractivity (Wildman–Crippen MR) is 82.0 cm³/mol. The summed E-state index contributed by atoms with van der Waals surface area (Å²) in [6.45, 7) is 2.72. The fraction of sp³-hybridized carbons (Fsp3) is 0.375. The maximum Gasteiger partial charge on any atom is 0.225 e. The molecule has 0 aliphatic heterocycles. The van der Waals surface area contributed by atoms with E-state index in [0.717, 1.165) is 30.0 Å². The Bertz CT molecular complexity index is 608. The minimum absolute atomic E-state index is 0.200. The van der Waals surface area contributed by atoms with Crippen molar-refractivity contribution in [2.75, 3.05) is 17.2 Å². The highest BCUT2D eigenvalue weighted by Gasteiger charge is 2.22. The van der Waals surface area contributed by atoms with Gasteiger partial charge in [-0.25, -0.2) is 9.37 Å². The molecule has 2 aromatic rings. The maximum absolute atomic E-state index is 12.8. The van der Waals surface area contributed by atoms with E-state index in [1.165, 1.54) is 25.0 Å². The van der Waals surface area contributed by atoms with Crippen molar-refractivity contribution in [1.82, 2.24) is 9.97 Å². The molecule has 0 saturated heterocycles. The number of nitrogens with one attached hydrogen (secondary N) is 2. The summed E-state index contributed by atoms with van der Waals surface area (Å²) in [5.74, 6) is 1.32. The molecule has 21 heavy (non-hydrogen) atoms. The van der Waals surface area contributed by atoms with Gasteiger partial charge in [0.1, 0.15) is 11.6 Å². The second-order valence-corrected chi connectivity index (χ2v) is 5.44. The molecule has 0 radical (unpaired) electrons. The molecule has 0 bridgehead atoms. The molecule has 0 unspecified atom stereocenters. The fourth-order valence-electron chi connectivity index (χ4n) is 2.12. The molecule has 2 N–H and O–H groups in total. The molecule has 1 aromatic heterocycles. The van der Waals surface area contributed by atoms with Gasteiger partial charge in [0.05, 0.1) is 0 Å². The number of nitrogens with zero attached hydrogens (tertiary/aromatic N) is 2. The number of halogens is 1. The summed E-state index contributed by atoms with van der Waals surface area (Å²) in [4.78, 5) is 8.85. The summed E-state index contributed by atoms with van der Waals surface area (Å²) in [6, 6.07) is 9.07. The zero-order valence-electron chi connectivity index (χ0n) is 12.1. The summed E-state index contributed by atoms with van der Waals surface area (Å²) < 4.78 is 12.8. The van der Waals surface area contributed by atoms with Crippen LogP contribution < -0.4 is 10.6 Å². The van der Waals surface area contributed by atoms with Gasteiger partial charge in [-0.15, -0.1) is 0 Å². The Morgan fingerprint density at radius 2 is 1.95 bits per heavy atom. The molecular formula is C16H19FN4. The van der Waals surface area contributed by atoms with E-state index < -0.39 is 0 Å². The van der Waals surface area contributed by atoms with Gasteiger partial charge in [-0.3, -0.25) is 0 Å². The van der Waals surface area contributed by atoms with Gasteiger partial charge in [-0.1, -0.05) is 12.1 Å². The van der Waals surface area contributed by atoms with Crippen molar-refractivity contribution in [3.8, 4) is 0 Å². The Hall–Kier alpha value is -2.17. The molecule has 1 aromatic carbocycles. The first kappa shape index (κ1) is 13.8. The standard InChI is InChI=1S/C16H19FN4/c1-11-10-15(21-16(19-11)20-14-6-7-14)18-9-8-12-2-4-13(17)5-3-12/h2-5,10,14H,6-9H2,1H3,(H2,18,19,20,21). The van der Waals surface area contributed by atoms with Crippen molar-refractivity contribution < 1.29 is 4.39 Å². The molecule has 110 valence electrons. The first-order valence-corrected chi connectivity index (χ1v) is 7.29. The number of aryl methyl sites for hydroxylation is 1. The van der Waals surface area contributed by atoms with Crippen LogP contribution in [-0.2, 0) is 6.42 Å². The average Bonchev–Trinajstić information content (AvgIpc) is 3.24. The van der Waals surface area contributed by atoms with Crippen LogP contribution in [0.2, 0.25) is 0 Å². The van der Waals surface area contributed by atoms with E-state index in [9.17, 15) is 4.39 Å². The van der Waals surface area contributed by atoms with Gasteiger partial charge < -0.3 is 10.6 Å². The number of aromatic nitrogens is 2. The molecule has 0 amide bonds. The third kappa shape index (κ3) is 4.15. The highest BCUT2D eigenvalue weighted by atomic mass is 19.1. The maximum atomic E-state index is 12.8. The summed E-state index contributed by atoms with van der Waals surface area (Å²) in [5, 5.41) is 6.61. The van der Waals surface area contributed by atoms with E-state index in [1.807, 2.05) is 25.1 Å². The van der Waals surface area contributed by atoms with Crippen LogP contribution in [0.3, 0.4) is 0 Å². The summed E-state index contributed by atoms with van der Waals surface area (Å²) in [7, 11) is 0. The molecule has 1 aliphatic carbocycles. The molecule has 1 saturated carbocycles. The molecule has 1 aliphatic rings. The van der Waals surface area contributed by atoms with Crippen molar-refractivity contribution in [2.45, 2.75) is 32.2 Å². The largest absolute Gasteiger partial charge is 0.370 e. The van der Waals surface area contributed by atoms with Crippen molar-refractivity contribution in [1.29, 1.82) is 0 Å². The second-order valence-electron chi connectivity index (χ2n) is 5.44. The minimum atomic E-state index is -0.200. The van der Waals surface area contributed by atoms with E-state index in [-0.39, 0.29) is 5.82 Å². The number of hydrogen-bond acceptors (Lipinski definition) is 4. The number of benzene rings is 1. The van der Waals surface area contributed by atoms with Crippen molar-refractivity contribution in [3.05, 3.63) is 47.4 Å². The molecule has 4 nitrogen and oxygen atoms in total. The van der Waals surface area contributed by atoms with Crippen LogP contribution in [0.25, 0.3) is 0 Å². The van der Waals surface area contributed by atoms with E-state index in [1.54, 1.807) is 0 Å². The summed E-state index contributed by atoms with van der Waals surface area (Å²) in [6.07, 6.45) is 3.23. The van der Waals surface area contributed by atoms with E-state index in [4.69, 9.17) is 0 Å². The Balaban J connectivity index is 1.56. The van der Waals surface area contributed by atoms with Crippen molar-refractivity contribution in [2.24, 2.45) is 0 Å². The fourth-order valence-corrected chi connectivity index (χ4v) is 2.12. The van der Waals surface area contributed by atoms with Gasteiger partial charge in [0, 0.05) is 24.3 Å². The Kier molecular flexibility index (Phi) is 3.99. The zero-order chi connectivity index (χ0) is 14.7. The Labute approximate surface area is 123 Å². The number of hydrogen-bond donors (Lipinski definition) is 2. The normalized spacial score (nSPS) is 14.0. The summed E-state index contributed by atoms with van der Waals surface area (Å²) >= 11 is 0. The third-order valence-electron chi connectivity index (χ3n) is 3.40. The summed E-state index contributed by atoms with van der Waals surface area (Å²) in [5.41, 5.74) is 2.04.